The average Bonchev–Trinajstić information content (AvgIpc) is 3.14. The Hall–Kier alpha value is -1.79. The zero-order valence-electron chi connectivity index (χ0n) is 17.2. The highest BCUT2D eigenvalue weighted by atomic mass is 127. The summed E-state index contributed by atoms with van der Waals surface area (Å²) in [4.78, 5) is 23.4. The number of halogens is 2. The molecule has 2 heterocycles. The fourth-order valence-electron chi connectivity index (χ4n) is 3.27. The van der Waals surface area contributed by atoms with Crippen LogP contribution in [0.25, 0.3) is 0 Å². The predicted octanol–water partition coefficient (Wildman–Crippen LogP) is 2.98. The van der Waals surface area contributed by atoms with Gasteiger partial charge in [-0.15, -0.1) is 35.3 Å². The lowest BCUT2D eigenvalue weighted by molar-refractivity contribution is -0.0604. The molecular weight excluding hydrogens is 520 g/mol. The van der Waals surface area contributed by atoms with Gasteiger partial charge in [-0.2, -0.15) is 0 Å². The van der Waals surface area contributed by atoms with Crippen LogP contribution in [-0.2, 0) is 4.74 Å². The summed E-state index contributed by atoms with van der Waals surface area (Å²) in [5, 5.41) is 6.18. The molecule has 1 aromatic heterocycles. The van der Waals surface area contributed by atoms with Crippen molar-refractivity contribution >= 4 is 47.2 Å². The standard InChI is InChI=1S/C20H26FN5O2S.HI/c1-13-10-26(11-17(28-13)15-4-6-16(21)7-5-15)20(22-3)24-9-8-23-19(27)18-14(2)25-12-29-18;/h4-7,12-13,17H,8-11H2,1-3H3,(H,22,24)(H,23,27);1H. The summed E-state index contributed by atoms with van der Waals surface area (Å²) in [6.45, 7) is 6.15. The van der Waals surface area contributed by atoms with Gasteiger partial charge in [0.1, 0.15) is 16.8 Å². The Balaban J connectivity index is 0.00000320. The molecule has 0 bridgehead atoms. The Morgan fingerprint density at radius 1 is 1.30 bits per heavy atom. The minimum atomic E-state index is -0.262. The molecule has 3 rings (SSSR count). The first kappa shape index (κ1) is 24.5. The van der Waals surface area contributed by atoms with Gasteiger partial charge in [-0.3, -0.25) is 9.79 Å². The highest BCUT2D eigenvalue weighted by Gasteiger charge is 2.28. The van der Waals surface area contributed by atoms with E-state index in [9.17, 15) is 9.18 Å². The van der Waals surface area contributed by atoms with Crippen LogP contribution in [0.2, 0.25) is 0 Å². The molecule has 2 unspecified atom stereocenters. The first-order chi connectivity index (χ1) is 14.0. The molecule has 1 saturated heterocycles. The number of carbonyl (C=O) groups is 1. The molecule has 1 amide bonds. The van der Waals surface area contributed by atoms with Crippen LogP contribution in [0.5, 0.6) is 0 Å². The first-order valence-corrected chi connectivity index (χ1v) is 10.4. The van der Waals surface area contributed by atoms with Crippen LogP contribution in [0, 0.1) is 12.7 Å². The molecule has 2 N–H and O–H groups in total. The van der Waals surface area contributed by atoms with Crippen LogP contribution in [0.3, 0.4) is 0 Å². The van der Waals surface area contributed by atoms with Crippen molar-refractivity contribution in [2.24, 2.45) is 4.99 Å². The molecule has 0 radical (unpaired) electrons. The minimum Gasteiger partial charge on any atom is -0.367 e. The number of hydrogen-bond acceptors (Lipinski definition) is 5. The Morgan fingerprint density at radius 3 is 2.63 bits per heavy atom. The molecular formula is C20H27FIN5O2S. The largest absolute Gasteiger partial charge is 0.367 e. The number of ether oxygens (including phenoxy) is 1. The average molecular weight is 547 g/mol. The van der Waals surface area contributed by atoms with Gasteiger partial charge >= 0.3 is 0 Å². The summed E-state index contributed by atoms with van der Waals surface area (Å²) < 4.78 is 19.3. The number of carbonyl (C=O) groups excluding carboxylic acids is 1. The van der Waals surface area contributed by atoms with Gasteiger partial charge in [0, 0.05) is 26.7 Å². The number of rotatable bonds is 5. The van der Waals surface area contributed by atoms with Crippen LogP contribution < -0.4 is 10.6 Å². The third-order valence-electron chi connectivity index (χ3n) is 4.66. The van der Waals surface area contributed by atoms with E-state index in [0.29, 0.717) is 31.1 Å². The molecule has 0 aliphatic carbocycles. The van der Waals surface area contributed by atoms with Gasteiger partial charge in [0.25, 0.3) is 5.91 Å². The highest BCUT2D eigenvalue weighted by molar-refractivity contribution is 14.0. The van der Waals surface area contributed by atoms with Crippen molar-refractivity contribution in [1.82, 2.24) is 20.5 Å². The van der Waals surface area contributed by atoms with Gasteiger partial charge < -0.3 is 20.3 Å². The maximum Gasteiger partial charge on any atom is 0.263 e. The monoisotopic (exact) mass is 547 g/mol. The van der Waals surface area contributed by atoms with E-state index in [4.69, 9.17) is 4.74 Å². The number of aryl methyl sites for hydroxylation is 1. The smallest absolute Gasteiger partial charge is 0.263 e. The van der Waals surface area contributed by atoms with Gasteiger partial charge in [-0.25, -0.2) is 9.37 Å². The van der Waals surface area contributed by atoms with Crippen molar-refractivity contribution in [3.05, 3.63) is 51.7 Å². The number of morpholine rings is 1. The number of guanidine groups is 1. The molecule has 10 heteroatoms. The van der Waals surface area contributed by atoms with Crippen molar-refractivity contribution in [1.29, 1.82) is 0 Å². The van der Waals surface area contributed by atoms with Gasteiger partial charge in [-0.1, -0.05) is 12.1 Å². The summed E-state index contributed by atoms with van der Waals surface area (Å²) in [5.74, 6) is 0.371. The summed E-state index contributed by atoms with van der Waals surface area (Å²) in [6.07, 6.45) is -0.154. The number of hydrogen-bond donors (Lipinski definition) is 2. The zero-order valence-corrected chi connectivity index (χ0v) is 20.4. The van der Waals surface area contributed by atoms with Crippen molar-refractivity contribution in [3.63, 3.8) is 0 Å². The number of nitrogens with one attached hydrogen (secondary N) is 2. The van der Waals surface area contributed by atoms with E-state index in [1.54, 1.807) is 24.7 Å². The minimum absolute atomic E-state index is 0. The third-order valence-corrected chi connectivity index (χ3v) is 5.59. The van der Waals surface area contributed by atoms with Gasteiger partial charge in [0.05, 0.1) is 23.9 Å². The molecule has 2 atom stereocenters. The van der Waals surface area contributed by atoms with E-state index >= 15 is 0 Å². The van der Waals surface area contributed by atoms with E-state index in [1.165, 1.54) is 23.5 Å². The summed E-state index contributed by atoms with van der Waals surface area (Å²) in [5.41, 5.74) is 3.34. The molecule has 0 saturated carbocycles. The lowest BCUT2D eigenvalue weighted by Crippen LogP contribution is -2.51. The number of thiazole rings is 1. The van der Waals surface area contributed by atoms with Gasteiger partial charge in [-0.05, 0) is 31.5 Å². The lowest BCUT2D eigenvalue weighted by atomic mass is 10.1. The number of benzene rings is 1. The van der Waals surface area contributed by atoms with Crippen LogP contribution in [0.15, 0.2) is 34.8 Å². The van der Waals surface area contributed by atoms with Crippen LogP contribution in [0.4, 0.5) is 4.39 Å². The number of aliphatic imine (C=N–C) groups is 1. The van der Waals surface area contributed by atoms with E-state index < -0.39 is 0 Å². The fraction of sp³-hybridized carbons (Fsp3) is 0.450. The normalized spacial score (nSPS) is 19.2. The molecule has 1 aliphatic heterocycles. The Morgan fingerprint density at radius 2 is 2.00 bits per heavy atom. The third kappa shape index (κ3) is 6.35. The number of amides is 1. The lowest BCUT2D eigenvalue weighted by Gasteiger charge is -2.38. The van der Waals surface area contributed by atoms with Crippen molar-refractivity contribution in [2.75, 3.05) is 33.2 Å². The SMILES string of the molecule is CN=C(NCCNC(=O)c1scnc1C)N1CC(C)OC(c2ccc(F)cc2)C1.I. The Bertz CT molecular complexity index is 861. The van der Waals surface area contributed by atoms with Crippen molar-refractivity contribution in [2.45, 2.75) is 26.1 Å². The van der Waals surface area contributed by atoms with Crippen LogP contribution in [0.1, 0.15) is 34.0 Å². The Labute approximate surface area is 197 Å². The van der Waals surface area contributed by atoms with Crippen LogP contribution >= 0.6 is 35.3 Å². The molecule has 1 fully saturated rings. The molecule has 164 valence electrons. The summed E-state index contributed by atoms with van der Waals surface area (Å²) in [6, 6.07) is 6.40. The molecule has 0 spiro atoms. The van der Waals surface area contributed by atoms with Gasteiger partial charge in [0.2, 0.25) is 0 Å². The zero-order chi connectivity index (χ0) is 20.8. The quantitative estimate of drug-likeness (QED) is 0.261. The Kier molecular flexibility index (Phi) is 9.43. The second-order valence-corrected chi connectivity index (χ2v) is 7.74. The molecule has 1 aromatic carbocycles. The van der Waals surface area contributed by atoms with E-state index in [2.05, 4.69) is 25.5 Å². The van der Waals surface area contributed by atoms with Crippen molar-refractivity contribution < 1.29 is 13.9 Å². The van der Waals surface area contributed by atoms with E-state index in [0.717, 1.165) is 17.2 Å². The molecule has 7 nitrogen and oxygen atoms in total. The van der Waals surface area contributed by atoms with Crippen LogP contribution in [-0.4, -0.2) is 61.1 Å². The second-order valence-electron chi connectivity index (χ2n) is 6.89. The van der Waals surface area contributed by atoms with Gasteiger partial charge in [0.15, 0.2) is 5.96 Å². The molecule has 2 aromatic rings. The van der Waals surface area contributed by atoms with E-state index in [1.807, 2.05) is 13.8 Å². The molecule has 1 aliphatic rings. The highest BCUT2D eigenvalue weighted by Crippen LogP contribution is 2.25. The fourth-order valence-corrected chi connectivity index (χ4v) is 3.99. The molecule has 30 heavy (non-hydrogen) atoms. The van der Waals surface area contributed by atoms with Crippen molar-refractivity contribution in [3.8, 4) is 0 Å². The predicted molar refractivity (Wildman–Crippen MR) is 127 cm³/mol. The maximum absolute atomic E-state index is 13.2. The second kappa shape index (κ2) is 11.6. The summed E-state index contributed by atoms with van der Waals surface area (Å²) >= 11 is 1.34. The topological polar surface area (TPSA) is 78.8 Å². The number of nitrogens with zero attached hydrogens (tertiary/aromatic N) is 3. The number of aromatic nitrogens is 1. The summed E-state index contributed by atoms with van der Waals surface area (Å²) in [7, 11) is 1.73. The maximum atomic E-state index is 13.2. The first-order valence-electron chi connectivity index (χ1n) is 9.52. The van der Waals surface area contributed by atoms with E-state index in [-0.39, 0.29) is 47.9 Å².